The lowest BCUT2D eigenvalue weighted by atomic mass is 9.98. The lowest BCUT2D eigenvalue weighted by molar-refractivity contribution is -0.127. The standard InChI is InChI=1S/C24H29N5O4S2/c1-5-24(2,3)27-22(31)19(14-8-10-15(33-4)11-9-14)29(13-16-7-6-12-34-16)23(32)20-17(25)18(21(26)30)28-35-20/h6-12,19H,5,13,25H2,1-4H3,(H2,26,30)(H,27,31)/t19-/m1/s1. The number of methoxy groups -OCH3 is 1. The van der Waals surface area contributed by atoms with Crippen molar-refractivity contribution in [2.45, 2.75) is 45.3 Å². The van der Waals surface area contributed by atoms with Crippen molar-refractivity contribution >= 4 is 46.3 Å². The van der Waals surface area contributed by atoms with E-state index in [2.05, 4.69) is 9.69 Å². The largest absolute Gasteiger partial charge is 0.497 e. The van der Waals surface area contributed by atoms with Crippen molar-refractivity contribution in [3.8, 4) is 5.75 Å². The highest BCUT2D eigenvalue weighted by Gasteiger charge is 2.36. The van der Waals surface area contributed by atoms with Crippen LogP contribution >= 0.6 is 22.9 Å². The quantitative estimate of drug-likeness (QED) is 0.377. The number of aromatic nitrogens is 1. The Bertz CT molecular complexity index is 1190. The Hall–Kier alpha value is -3.44. The number of hydrogen-bond donors (Lipinski definition) is 3. The molecule has 0 spiro atoms. The van der Waals surface area contributed by atoms with E-state index in [0.29, 0.717) is 17.7 Å². The highest BCUT2D eigenvalue weighted by atomic mass is 32.1. The van der Waals surface area contributed by atoms with E-state index in [-0.39, 0.29) is 28.7 Å². The van der Waals surface area contributed by atoms with E-state index in [0.717, 1.165) is 16.4 Å². The average molecular weight is 516 g/mol. The molecule has 3 amide bonds. The van der Waals surface area contributed by atoms with Gasteiger partial charge < -0.3 is 26.4 Å². The first-order chi connectivity index (χ1) is 16.6. The molecule has 3 rings (SSSR count). The van der Waals surface area contributed by atoms with Crippen molar-refractivity contribution < 1.29 is 19.1 Å². The molecule has 0 saturated heterocycles. The van der Waals surface area contributed by atoms with Gasteiger partial charge in [0.1, 0.15) is 16.7 Å². The van der Waals surface area contributed by atoms with Crippen LogP contribution in [0.5, 0.6) is 5.75 Å². The molecule has 2 aromatic heterocycles. The fourth-order valence-corrected chi connectivity index (χ4v) is 4.82. The molecular formula is C24H29N5O4S2. The number of anilines is 1. The molecule has 1 atom stereocenters. The lowest BCUT2D eigenvalue weighted by Gasteiger charge is -2.34. The second-order valence-corrected chi connectivity index (χ2v) is 10.4. The fraction of sp³-hybridized carbons (Fsp3) is 0.333. The van der Waals surface area contributed by atoms with Crippen LogP contribution in [-0.4, -0.2) is 39.6 Å². The minimum Gasteiger partial charge on any atom is -0.497 e. The van der Waals surface area contributed by atoms with Crippen molar-refractivity contribution in [2.24, 2.45) is 5.73 Å². The number of nitrogens with two attached hydrogens (primary N) is 2. The smallest absolute Gasteiger partial charge is 0.270 e. The topological polar surface area (TPSA) is 141 Å². The van der Waals surface area contributed by atoms with Gasteiger partial charge in [-0.05, 0) is 60.9 Å². The maximum absolute atomic E-state index is 13.9. The number of ether oxygens (including phenoxy) is 1. The minimum absolute atomic E-state index is 0.0522. The molecule has 35 heavy (non-hydrogen) atoms. The summed E-state index contributed by atoms with van der Waals surface area (Å²) < 4.78 is 9.23. The molecule has 11 heteroatoms. The monoisotopic (exact) mass is 515 g/mol. The number of benzene rings is 1. The van der Waals surface area contributed by atoms with E-state index < -0.39 is 23.4 Å². The number of carbonyl (C=O) groups is 3. The molecule has 186 valence electrons. The molecule has 0 bridgehead atoms. The maximum atomic E-state index is 13.9. The van der Waals surface area contributed by atoms with Gasteiger partial charge in [-0.2, -0.15) is 4.37 Å². The Morgan fingerprint density at radius 3 is 2.40 bits per heavy atom. The summed E-state index contributed by atoms with van der Waals surface area (Å²) in [4.78, 5) is 41.7. The van der Waals surface area contributed by atoms with Crippen molar-refractivity contribution in [3.05, 3.63) is 62.8 Å². The highest BCUT2D eigenvalue weighted by Crippen LogP contribution is 2.32. The predicted octanol–water partition coefficient (Wildman–Crippen LogP) is 3.58. The summed E-state index contributed by atoms with van der Waals surface area (Å²) in [5.74, 6) is -1.07. The van der Waals surface area contributed by atoms with Gasteiger partial charge in [-0.25, -0.2) is 0 Å². The lowest BCUT2D eigenvalue weighted by Crippen LogP contribution is -2.50. The van der Waals surface area contributed by atoms with Gasteiger partial charge in [0.05, 0.1) is 19.3 Å². The number of carbonyl (C=O) groups excluding carboxylic acids is 3. The highest BCUT2D eigenvalue weighted by molar-refractivity contribution is 7.10. The van der Waals surface area contributed by atoms with Crippen LogP contribution in [0, 0.1) is 0 Å². The molecule has 0 aliphatic carbocycles. The Balaban J connectivity index is 2.13. The Labute approximate surface area is 212 Å². The van der Waals surface area contributed by atoms with Gasteiger partial charge in [0.15, 0.2) is 5.69 Å². The third kappa shape index (κ3) is 5.98. The third-order valence-electron chi connectivity index (χ3n) is 5.66. The maximum Gasteiger partial charge on any atom is 0.270 e. The second-order valence-electron chi connectivity index (χ2n) is 8.55. The van der Waals surface area contributed by atoms with Crippen LogP contribution in [0.2, 0.25) is 0 Å². The van der Waals surface area contributed by atoms with Gasteiger partial charge in [-0.1, -0.05) is 25.1 Å². The van der Waals surface area contributed by atoms with E-state index in [1.165, 1.54) is 16.2 Å². The first kappa shape index (κ1) is 26.2. The van der Waals surface area contributed by atoms with Crippen molar-refractivity contribution in [2.75, 3.05) is 12.8 Å². The molecule has 2 heterocycles. The number of rotatable bonds is 10. The van der Waals surface area contributed by atoms with Gasteiger partial charge in [0.25, 0.3) is 11.8 Å². The predicted molar refractivity (Wildman–Crippen MR) is 137 cm³/mol. The average Bonchev–Trinajstić information content (AvgIpc) is 3.48. The summed E-state index contributed by atoms with van der Waals surface area (Å²) >= 11 is 2.25. The Morgan fingerprint density at radius 1 is 1.20 bits per heavy atom. The number of nitrogens with zero attached hydrogens (tertiary/aromatic N) is 2. The number of thiophene rings is 1. The second kappa shape index (κ2) is 10.9. The van der Waals surface area contributed by atoms with Crippen LogP contribution in [0.25, 0.3) is 0 Å². The molecular weight excluding hydrogens is 486 g/mol. The van der Waals surface area contributed by atoms with Gasteiger partial charge in [0, 0.05) is 10.4 Å². The summed E-state index contributed by atoms with van der Waals surface area (Å²) in [6.45, 7) is 5.96. The van der Waals surface area contributed by atoms with Crippen LogP contribution in [0.4, 0.5) is 5.69 Å². The molecule has 3 aromatic rings. The Kier molecular flexibility index (Phi) is 8.13. The van der Waals surface area contributed by atoms with Crippen LogP contribution in [0.1, 0.15) is 63.8 Å². The molecule has 0 unspecified atom stereocenters. The van der Waals surface area contributed by atoms with Gasteiger partial charge >= 0.3 is 0 Å². The third-order valence-corrected chi connectivity index (χ3v) is 7.37. The van der Waals surface area contributed by atoms with E-state index >= 15 is 0 Å². The molecule has 5 N–H and O–H groups in total. The number of nitrogens with one attached hydrogen (secondary N) is 1. The molecule has 1 aromatic carbocycles. The molecule has 0 saturated carbocycles. The number of hydrogen-bond acceptors (Lipinski definition) is 8. The summed E-state index contributed by atoms with van der Waals surface area (Å²) in [5.41, 5.74) is 11.3. The van der Waals surface area contributed by atoms with Crippen LogP contribution in [0.3, 0.4) is 0 Å². The number of nitrogen functional groups attached to an aromatic ring is 1. The van der Waals surface area contributed by atoms with Gasteiger partial charge in [-0.3, -0.25) is 14.4 Å². The van der Waals surface area contributed by atoms with Gasteiger partial charge in [-0.15, -0.1) is 11.3 Å². The Morgan fingerprint density at radius 2 is 1.89 bits per heavy atom. The SMILES string of the molecule is CCC(C)(C)NC(=O)[C@@H](c1ccc(OC)cc1)N(Cc1cccs1)C(=O)c1snc(C(N)=O)c1N. The van der Waals surface area contributed by atoms with E-state index in [1.807, 2.05) is 38.3 Å². The van der Waals surface area contributed by atoms with Crippen molar-refractivity contribution in [1.82, 2.24) is 14.6 Å². The van der Waals surface area contributed by atoms with Crippen LogP contribution < -0.4 is 21.5 Å². The van der Waals surface area contributed by atoms with Gasteiger partial charge in [0.2, 0.25) is 5.91 Å². The van der Waals surface area contributed by atoms with Crippen molar-refractivity contribution in [1.29, 1.82) is 0 Å². The molecule has 0 aliphatic heterocycles. The van der Waals surface area contributed by atoms with Crippen molar-refractivity contribution in [3.63, 3.8) is 0 Å². The molecule has 0 aliphatic rings. The summed E-state index contributed by atoms with van der Waals surface area (Å²) in [6, 6.07) is 9.75. The summed E-state index contributed by atoms with van der Waals surface area (Å²) in [5, 5.41) is 4.96. The zero-order valence-corrected chi connectivity index (χ0v) is 21.7. The van der Waals surface area contributed by atoms with Crippen LogP contribution in [0.15, 0.2) is 41.8 Å². The number of primary amides is 1. The normalized spacial score (nSPS) is 12.1. The zero-order chi connectivity index (χ0) is 25.8. The minimum atomic E-state index is -0.986. The number of amides is 3. The molecule has 0 fully saturated rings. The zero-order valence-electron chi connectivity index (χ0n) is 20.0. The first-order valence-electron chi connectivity index (χ1n) is 10.9. The first-order valence-corrected chi connectivity index (χ1v) is 12.6. The summed E-state index contributed by atoms with van der Waals surface area (Å²) in [6.07, 6.45) is 0.691. The van der Waals surface area contributed by atoms with E-state index in [9.17, 15) is 14.4 Å². The van der Waals surface area contributed by atoms with E-state index in [4.69, 9.17) is 16.2 Å². The fourth-order valence-electron chi connectivity index (χ4n) is 3.36. The van der Waals surface area contributed by atoms with Crippen LogP contribution in [-0.2, 0) is 11.3 Å². The molecule has 9 nitrogen and oxygen atoms in total. The van der Waals surface area contributed by atoms with E-state index in [1.54, 1.807) is 31.4 Å². The summed E-state index contributed by atoms with van der Waals surface area (Å²) in [7, 11) is 1.55. The molecule has 0 radical (unpaired) electrons.